The normalized spacial score (nSPS) is 27.4. The fourth-order valence-corrected chi connectivity index (χ4v) is 4.01. The van der Waals surface area contributed by atoms with Gasteiger partial charge in [0.1, 0.15) is 0 Å². The number of nitrogens with one attached hydrogen (secondary N) is 1. The molecular formula is C17H33N3O. The highest BCUT2D eigenvalue weighted by molar-refractivity contribution is 5.82. The molecule has 0 aromatic heterocycles. The summed E-state index contributed by atoms with van der Waals surface area (Å²) in [6.07, 6.45) is 3.51. The van der Waals surface area contributed by atoms with Gasteiger partial charge in [0.05, 0.1) is 0 Å². The van der Waals surface area contributed by atoms with Gasteiger partial charge in [-0.05, 0) is 51.4 Å². The summed E-state index contributed by atoms with van der Waals surface area (Å²) in [4.78, 5) is 17.6. The van der Waals surface area contributed by atoms with Crippen LogP contribution >= 0.6 is 0 Å². The van der Waals surface area contributed by atoms with E-state index >= 15 is 0 Å². The van der Waals surface area contributed by atoms with E-state index < -0.39 is 0 Å². The predicted octanol–water partition coefficient (Wildman–Crippen LogP) is 1.95. The number of piperidine rings is 1. The molecule has 4 nitrogen and oxygen atoms in total. The summed E-state index contributed by atoms with van der Waals surface area (Å²) in [5.41, 5.74) is -0.231. The fourth-order valence-electron chi connectivity index (χ4n) is 4.01. The number of hydrogen-bond acceptors (Lipinski definition) is 3. The van der Waals surface area contributed by atoms with Crippen molar-refractivity contribution in [3.8, 4) is 0 Å². The van der Waals surface area contributed by atoms with Crippen LogP contribution in [0.3, 0.4) is 0 Å². The summed E-state index contributed by atoms with van der Waals surface area (Å²) in [5.74, 6) is 0.845. The quantitative estimate of drug-likeness (QED) is 0.842. The Morgan fingerprint density at radius 3 is 2.57 bits per heavy atom. The van der Waals surface area contributed by atoms with Crippen LogP contribution in [0.1, 0.15) is 47.0 Å². The lowest BCUT2D eigenvalue weighted by Crippen LogP contribution is -2.49. The Labute approximate surface area is 130 Å². The standard InChI is InChI=1S/C17H33N3O/c1-5-19(6-2)15-9-11-20(13-15)16(21)17(3,4)14-8-7-10-18-12-14/h14-15,18H,5-13H2,1-4H3. The molecule has 0 aromatic rings. The second-order valence-electron chi connectivity index (χ2n) is 7.18. The first-order valence-electron chi connectivity index (χ1n) is 8.74. The second kappa shape index (κ2) is 7.10. The molecule has 0 spiro atoms. The van der Waals surface area contributed by atoms with Crippen LogP contribution in [0.2, 0.25) is 0 Å². The predicted molar refractivity (Wildman–Crippen MR) is 87.3 cm³/mol. The monoisotopic (exact) mass is 295 g/mol. The third kappa shape index (κ3) is 3.59. The molecule has 2 aliphatic rings. The van der Waals surface area contributed by atoms with Gasteiger partial charge < -0.3 is 10.2 Å². The van der Waals surface area contributed by atoms with Crippen molar-refractivity contribution in [1.29, 1.82) is 0 Å². The first kappa shape index (κ1) is 16.8. The third-order valence-corrected chi connectivity index (χ3v) is 5.65. The molecule has 0 aromatic carbocycles. The highest BCUT2D eigenvalue weighted by atomic mass is 16.2. The smallest absolute Gasteiger partial charge is 0.228 e. The van der Waals surface area contributed by atoms with Gasteiger partial charge in [0.2, 0.25) is 5.91 Å². The Hall–Kier alpha value is -0.610. The lowest BCUT2D eigenvalue weighted by atomic mass is 9.74. The van der Waals surface area contributed by atoms with E-state index in [1.807, 2.05) is 0 Å². The average Bonchev–Trinajstić information content (AvgIpc) is 2.98. The van der Waals surface area contributed by atoms with E-state index in [2.05, 4.69) is 42.8 Å². The van der Waals surface area contributed by atoms with E-state index in [-0.39, 0.29) is 5.41 Å². The molecular weight excluding hydrogens is 262 g/mol. The van der Waals surface area contributed by atoms with E-state index in [0.29, 0.717) is 17.9 Å². The number of carbonyl (C=O) groups excluding carboxylic acids is 1. The van der Waals surface area contributed by atoms with Crippen LogP contribution < -0.4 is 5.32 Å². The van der Waals surface area contributed by atoms with Crippen LogP contribution in [-0.2, 0) is 4.79 Å². The van der Waals surface area contributed by atoms with Crippen molar-refractivity contribution in [3.05, 3.63) is 0 Å². The molecule has 1 amide bonds. The molecule has 2 rings (SSSR count). The van der Waals surface area contributed by atoms with Crippen LogP contribution in [0.25, 0.3) is 0 Å². The van der Waals surface area contributed by atoms with Gasteiger partial charge in [-0.25, -0.2) is 0 Å². The molecule has 0 aliphatic carbocycles. The van der Waals surface area contributed by atoms with Crippen LogP contribution in [0.15, 0.2) is 0 Å². The van der Waals surface area contributed by atoms with E-state index in [1.54, 1.807) is 0 Å². The molecule has 21 heavy (non-hydrogen) atoms. The highest BCUT2D eigenvalue weighted by Crippen LogP contribution is 2.35. The summed E-state index contributed by atoms with van der Waals surface area (Å²) < 4.78 is 0. The van der Waals surface area contributed by atoms with Crippen LogP contribution in [0.5, 0.6) is 0 Å². The van der Waals surface area contributed by atoms with Gasteiger partial charge in [0.15, 0.2) is 0 Å². The first-order valence-corrected chi connectivity index (χ1v) is 8.74. The van der Waals surface area contributed by atoms with Gasteiger partial charge in [-0.15, -0.1) is 0 Å². The molecule has 2 heterocycles. The topological polar surface area (TPSA) is 35.6 Å². The number of hydrogen-bond donors (Lipinski definition) is 1. The molecule has 2 atom stereocenters. The molecule has 2 unspecified atom stereocenters. The summed E-state index contributed by atoms with van der Waals surface area (Å²) in [6, 6.07) is 0.559. The number of rotatable bonds is 5. The SMILES string of the molecule is CCN(CC)C1CCN(C(=O)C(C)(C)C2CCCNC2)C1. The zero-order valence-corrected chi connectivity index (χ0v) is 14.3. The molecule has 2 saturated heterocycles. The van der Waals surface area contributed by atoms with Gasteiger partial charge >= 0.3 is 0 Å². The molecule has 0 bridgehead atoms. The summed E-state index contributed by atoms with van der Waals surface area (Å²) in [7, 11) is 0. The summed E-state index contributed by atoms with van der Waals surface area (Å²) in [6.45, 7) is 14.8. The second-order valence-corrected chi connectivity index (χ2v) is 7.18. The zero-order valence-electron chi connectivity index (χ0n) is 14.3. The maximum Gasteiger partial charge on any atom is 0.228 e. The molecule has 2 aliphatic heterocycles. The van der Waals surface area contributed by atoms with E-state index in [4.69, 9.17) is 0 Å². The third-order valence-electron chi connectivity index (χ3n) is 5.65. The average molecular weight is 295 g/mol. The Balaban J connectivity index is 1.96. The van der Waals surface area contributed by atoms with Crippen LogP contribution in [0.4, 0.5) is 0 Å². The molecule has 122 valence electrons. The van der Waals surface area contributed by atoms with Gasteiger partial charge in [0, 0.05) is 24.5 Å². The maximum absolute atomic E-state index is 13.0. The molecule has 0 radical (unpaired) electrons. The van der Waals surface area contributed by atoms with Gasteiger partial charge in [-0.1, -0.05) is 27.7 Å². The van der Waals surface area contributed by atoms with Crippen molar-refractivity contribution >= 4 is 5.91 Å². The molecule has 4 heteroatoms. The molecule has 1 N–H and O–H groups in total. The van der Waals surface area contributed by atoms with Crippen molar-refractivity contribution in [2.45, 2.75) is 53.0 Å². The number of likely N-dealkylation sites (N-methyl/N-ethyl adjacent to an activating group) is 1. The van der Waals surface area contributed by atoms with Crippen molar-refractivity contribution in [3.63, 3.8) is 0 Å². The van der Waals surface area contributed by atoms with Crippen LogP contribution in [0, 0.1) is 11.3 Å². The number of likely N-dealkylation sites (tertiary alicyclic amines) is 1. The Morgan fingerprint density at radius 1 is 1.29 bits per heavy atom. The van der Waals surface area contributed by atoms with Crippen molar-refractivity contribution in [2.75, 3.05) is 39.3 Å². The Kier molecular flexibility index (Phi) is 5.67. The largest absolute Gasteiger partial charge is 0.341 e. The summed E-state index contributed by atoms with van der Waals surface area (Å²) in [5, 5.41) is 3.45. The first-order chi connectivity index (χ1) is 10.0. The molecule has 0 saturated carbocycles. The van der Waals surface area contributed by atoms with Crippen molar-refractivity contribution < 1.29 is 4.79 Å². The number of nitrogens with zero attached hydrogens (tertiary/aromatic N) is 2. The Morgan fingerprint density at radius 2 is 2.00 bits per heavy atom. The minimum atomic E-state index is -0.231. The van der Waals surface area contributed by atoms with E-state index in [0.717, 1.165) is 45.7 Å². The van der Waals surface area contributed by atoms with Gasteiger partial charge in [-0.2, -0.15) is 0 Å². The zero-order chi connectivity index (χ0) is 15.5. The maximum atomic E-state index is 13.0. The lowest BCUT2D eigenvalue weighted by molar-refractivity contribution is -0.142. The Bertz CT molecular complexity index is 346. The fraction of sp³-hybridized carbons (Fsp3) is 0.941. The van der Waals surface area contributed by atoms with Gasteiger partial charge in [0.25, 0.3) is 0 Å². The lowest BCUT2D eigenvalue weighted by Gasteiger charge is -2.38. The van der Waals surface area contributed by atoms with Crippen molar-refractivity contribution in [1.82, 2.24) is 15.1 Å². The van der Waals surface area contributed by atoms with Gasteiger partial charge in [-0.3, -0.25) is 9.69 Å². The molecule has 2 fully saturated rings. The highest BCUT2D eigenvalue weighted by Gasteiger charge is 2.42. The minimum Gasteiger partial charge on any atom is -0.341 e. The minimum absolute atomic E-state index is 0.231. The van der Waals surface area contributed by atoms with Crippen LogP contribution in [-0.4, -0.2) is 61.0 Å². The van der Waals surface area contributed by atoms with Crippen molar-refractivity contribution in [2.24, 2.45) is 11.3 Å². The summed E-state index contributed by atoms with van der Waals surface area (Å²) >= 11 is 0. The number of amides is 1. The number of carbonyl (C=O) groups is 1. The van der Waals surface area contributed by atoms with E-state index in [9.17, 15) is 4.79 Å². The van der Waals surface area contributed by atoms with E-state index in [1.165, 1.54) is 12.8 Å².